The Hall–Kier alpha value is -0.640. The van der Waals surface area contributed by atoms with Crippen molar-refractivity contribution in [1.29, 1.82) is 0 Å². The molecule has 0 aliphatic carbocycles. The lowest BCUT2D eigenvalue weighted by molar-refractivity contribution is 0.247. The molecule has 0 radical (unpaired) electrons. The summed E-state index contributed by atoms with van der Waals surface area (Å²) in [6.45, 7) is 8.33. The molecule has 1 aliphatic rings. The summed E-state index contributed by atoms with van der Waals surface area (Å²) in [5, 5.41) is 4.26. The normalized spacial score (nSPS) is 21.1. The molecule has 4 heteroatoms. The Morgan fingerprint density at radius 2 is 2.25 bits per heavy atom. The van der Waals surface area contributed by atoms with Crippen LogP contribution >= 0.6 is 11.6 Å². The summed E-state index contributed by atoms with van der Waals surface area (Å²) in [6, 6.07) is 5.13. The van der Waals surface area contributed by atoms with Crippen molar-refractivity contribution in [2.45, 2.75) is 39.3 Å². The topological polar surface area (TPSA) is 15.3 Å². The molecular weight excluding hydrogens is 275 g/mol. The van der Waals surface area contributed by atoms with Gasteiger partial charge in [-0.25, -0.2) is 4.39 Å². The molecule has 1 aromatic rings. The van der Waals surface area contributed by atoms with Crippen LogP contribution in [0.15, 0.2) is 18.2 Å². The van der Waals surface area contributed by atoms with Crippen LogP contribution in [0.5, 0.6) is 0 Å². The molecule has 2 rings (SSSR count). The molecule has 1 fully saturated rings. The summed E-state index contributed by atoms with van der Waals surface area (Å²) in [5.74, 6) is 0.473. The van der Waals surface area contributed by atoms with Gasteiger partial charge < -0.3 is 5.32 Å². The van der Waals surface area contributed by atoms with Gasteiger partial charge in [-0.1, -0.05) is 25.4 Å². The van der Waals surface area contributed by atoms with Crippen molar-refractivity contribution in [3.63, 3.8) is 0 Å². The Labute approximate surface area is 126 Å². The van der Waals surface area contributed by atoms with E-state index in [1.807, 2.05) is 0 Å². The van der Waals surface area contributed by atoms with E-state index in [4.69, 9.17) is 11.6 Å². The fourth-order valence-corrected chi connectivity index (χ4v) is 3.03. The van der Waals surface area contributed by atoms with Gasteiger partial charge in [-0.15, -0.1) is 0 Å². The highest BCUT2D eigenvalue weighted by Gasteiger charge is 2.19. The molecule has 1 aliphatic heterocycles. The van der Waals surface area contributed by atoms with E-state index < -0.39 is 0 Å². The third-order valence-corrected chi connectivity index (χ3v) is 4.09. The lowest BCUT2D eigenvalue weighted by Crippen LogP contribution is -2.38. The van der Waals surface area contributed by atoms with Crippen LogP contribution in [-0.4, -0.2) is 30.6 Å². The first-order valence-electron chi connectivity index (χ1n) is 7.44. The van der Waals surface area contributed by atoms with Crippen LogP contribution in [0, 0.1) is 11.7 Å². The first-order valence-corrected chi connectivity index (χ1v) is 7.82. The average molecular weight is 299 g/mol. The van der Waals surface area contributed by atoms with E-state index in [2.05, 4.69) is 24.1 Å². The minimum Gasteiger partial charge on any atom is -0.313 e. The fraction of sp³-hybridized carbons (Fsp3) is 0.625. The second-order valence-electron chi connectivity index (χ2n) is 6.10. The van der Waals surface area contributed by atoms with Gasteiger partial charge in [0.15, 0.2) is 0 Å². The van der Waals surface area contributed by atoms with Gasteiger partial charge in [0.25, 0.3) is 0 Å². The molecule has 0 spiro atoms. The Balaban J connectivity index is 2.01. The number of nitrogens with one attached hydrogen (secondary N) is 1. The monoisotopic (exact) mass is 298 g/mol. The van der Waals surface area contributed by atoms with Crippen molar-refractivity contribution in [3.05, 3.63) is 34.6 Å². The predicted molar refractivity (Wildman–Crippen MR) is 82.5 cm³/mol. The Bertz CT molecular complexity index is 436. The van der Waals surface area contributed by atoms with Gasteiger partial charge in [0.1, 0.15) is 5.82 Å². The fourth-order valence-electron chi connectivity index (χ4n) is 2.85. The molecular formula is C16H24ClFN2. The molecule has 1 heterocycles. The first-order chi connectivity index (χ1) is 9.54. The highest BCUT2D eigenvalue weighted by Crippen LogP contribution is 2.20. The summed E-state index contributed by atoms with van der Waals surface area (Å²) in [7, 11) is 0. The van der Waals surface area contributed by atoms with Crippen molar-refractivity contribution in [3.8, 4) is 0 Å². The van der Waals surface area contributed by atoms with E-state index in [-0.39, 0.29) is 5.82 Å². The molecule has 0 aromatic heterocycles. The molecule has 0 amide bonds. The minimum atomic E-state index is -0.212. The van der Waals surface area contributed by atoms with Crippen LogP contribution < -0.4 is 5.32 Å². The highest BCUT2D eigenvalue weighted by molar-refractivity contribution is 6.31. The zero-order valence-electron chi connectivity index (χ0n) is 12.3. The smallest absolute Gasteiger partial charge is 0.123 e. The van der Waals surface area contributed by atoms with Crippen molar-refractivity contribution in [1.82, 2.24) is 10.2 Å². The largest absolute Gasteiger partial charge is 0.313 e. The maximum atomic E-state index is 13.3. The second-order valence-corrected chi connectivity index (χ2v) is 6.51. The number of hydrogen-bond acceptors (Lipinski definition) is 2. The Kier molecular flexibility index (Phi) is 5.82. The van der Waals surface area contributed by atoms with Gasteiger partial charge in [0.05, 0.1) is 0 Å². The standard InChI is InChI=1S/C16H24ClFN2/c1-12(2)8-15-11-20(7-3-6-19-15)10-13-9-14(18)4-5-16(13)17/h4-5,9,12,15,19H,3,6-8,10-11H2,1-2H3. The number of nitrogens with zero attached hydrogens (tertiary/aromatic N) is 1. The molecule has 1 atom stereocenters. The van der Waals surface area contributed by atoms with Crippen LogP contribution in [-0.2, 0) is 6.54 Å². The van der Waals surface area contributed by atoms with E-state index in [0.717, 1.165) is 38.2 Å². The minimum absolute atomic E-state index is 0.212. The lowest BCUT2D eigenvalue weighted by atomic mass is 10.0. The quantitative estimate of drug-likeness (QED) is 0.912. The second kappa shape index (κ2) is 7.39. The van der Waals surface area contributed by atoms with Crippen molar-refractivity contribution in [2.24, 2.45) is 5.92 Å². The number of rotatable bonds is 4. The van der Waals surface area contributed by atoms with Gasteiger partial charge in [0, 0.05) is 24.2 Å². The molecule has 1 saturated heterocycles. The Morgan fingerprint density at radius 1 is 1.45 bits per heavy atom. The van der Waals surface area contributed by atoms with Crippen LogP contribution in [0.25, 0.3) is 0 Å². The molecule has 2 nitrogen and oxygen atoms in total. The summed E-state index contributed by atoms with van der Waals surface area (Å²) >= 11 is 6.17. The van der Waals surface area contributed by atoms with Gasteiger partial charge in [-0.05, 0) is 55.6 Å². The van der Waals surface area contributed by atoms with Gasteiger partial charge in [-0.3, -0.25) is 4.90 Å². The summed E-state index contributed by atoms with van der Waals surface area (Å²) in [4.78, 5) is 2.38. The van der Waals surface area contributed by atoms with Crippen molar-refractivity contribution < 1.29 is 4.39 Å². The maximum absolute atomic E-state index is 13.3. The number of halogens is 2. The predicted octanol–water partition coefficient (Wildman–Crippen LogP) is 3.69. The zero-order chi connectivity index (χ0) is 14.5. The third kappa shape index (κ3) is 4.72. The SMILES string of the molecule is CC(C)CC1CN(Cc2cc(F)ccc2Cl)CCCN1. The van der Waals surface area contributed by atoms with Crippen LogP contribution in [0.1, 0.15) is 32.3 Å². The summed E-state index contributed by atoms with van der Waals surface area (Å²) in [6.07, 6.45) is 2.30. The van der Waals surface area contributed by atoms with Crippen molar-refractivity contribution >= 4 is 11.6 Å². The van der Waals surface area contributed by atoms with E-state index in [1.165, 1.54) is 12.5 Å². The summed E-state index contributed by atoms with van der Waals surface area (Å²) < 4.78 is 13.3. The third-order valence-electron chi connectivity index (χ3n) is 3.72. The molecule has 0 saturated carbocycles. The molecule has 1 N–H and O–H groups in total. The first kappa shape index (κ1) is 15.7. The average Bonchev–Trinajstić information content (AvgIpc) is 2.58. The molecule has 0 bridgehead atoms. The van der Waals surface area contributed by atoms with Crippen molar-refractivity contribution in [2.75, 3.05) is 19.6 Å². The number of hydrogen-bond donors (Lipinski definition) is 1. The molecule has 1 unspecified atom stereocenters. The van der Waals surface area contributed by atoms with E-state index in [9.17, 15) is 4.39 Å². The highest BCUT2D eigenvalue weighted by atomic mass is 35.5. The maximum Gasteiger partial charge on any atom is 0.123 e. The van der Waals surface area contributed by atoms with Crippen LogP contribution in [0.4, 0.5) is 4.39 Å². The lowest BCUT2D eigenvalue weighted by Gasteiger charge is -2.25. The number of benzene rings is 1. The zero-order valence-corrected chi connectivity index (χ0v) is 13.1. The van der Waals surface area contributed by atoms with Gasteiger partial charge >= 0.3 is 0 Å². The molecule has 1 aromatic carbocycles. The van der Waals surface area contributed by atoms with Crippen LogP contribution in [0.3, 0.4) is 0 Å². The van der Waals surface area contributed by atoms with Gasteiger partial charge in [-0.2, -0.15) is 0 Å². The molecule has 112 valence electrons. The van der Waals surface area contributed by atoms with E-state index in [0.29, 0.717) is 17.0 Å². The Morgan fingerprint density at radius 3 is 3.00 bits per heavy atom. The summed E-state index contributed by atoms with van der Waals surface area (Å²) in [5.41, 5.74) is 0.886. The van der Waals surface area contributed by atoms with E-state index >= 15 is 0 Å². The van der Waals surface area contributed by atoms with Crippen LogP contribution in [0.2, 0.25) is 5.02 Å². The van der Waals surface area contributed by atoms with E-state index in [1.54, 1.807) is 12.1 Å². The molecule has 20 heavy (non-hydrogen) atoms. The van der Waals surface area contributed by atoms with Gasteiger partial charge in [0.2, 0.25) is 0 Å².